The van der Waals surface area contributed by atoms with Gasteiger partial charge in [-0.3, -0.25) is 4.99 Å². The van der Waals surface area contributed by atoms with E-state index in [1.54, 1.807) is 0 Å². The van der Waals surface area contributed by atoms with Crippen molar-refractivity contribution in [3.63, 3.8) is 0 Å². The minimum absolute atomic E-state index is 0.0839. The van der Waals surface area contributed by atoms with Gasteiger partial charge in [-0.1, -0.05) is 18.2 Å². The molecule has 0 saturated heterocycles. The fourth-order valence-electron chi connectivity index (χ4n) is 1.96. The summed E-state index contributed by atoms with van der Waals surface area (Å²) in [6.45, 7) is 1.94. The normalized spacial score (nSPS) is 15.4. The number of ether oxygens (including phenoxy) is 1. The van der Waals surface area contributed by atoms with E-state index in [2.05, 4.69) is 4.99 Å². The van der Waals surface area contributed by atoms with E-state index in [1.807, 2.05) is 29.2 Å². The molecule has 1 aromatic carbocycles. The molecule has 0 fully saturated rings. The summed E-state index contributed by atoms with van der Waals surface area (Å²) in [7, 11) is 0. The number of guanidine groups is 1. The van der Waals surface area contributed by atoms with Crippen molar-refractivity contribution in [2.24, 2.45) is 10.7 Å². The minimum Gasteiger partial charge on any atom is -0.491 e. The molecule has 0 aromatic heterocycles. The van der Waals surface area contributed by atoms with Gasteiger partial charge < -0.3 is 15.4 Å². The van der Waals surface area contributed by atoms with Crippen molar-refractivity contribution in [2.45, 2.75) is 13.0 Å². The fourth-order valence-corrected chi connectivity index (χ4v) is 1.96. The average Bonchev–Trinajstić information content (AvgIpc) is 2.40. The molecule has 2 rings (SSSR count). The Bertz CT molecular complexity index is 422. The lowest BCUT2D eigenvalue weighted by atomic mass is 10.2. The van der Waals surface area contributed by atoms with Crippen LogP contribution in [0.1, 0.15) is 12.0 Å². The standard InChI is InChI=1S/C13H18FN3O/c14-6-9-18-12-5-2-1-4-11(12)10-17-8-3-7-16-13(17)15/h1-2,4-5H,3,6-10H2,(H2,15,16). The average molecular weight is 251 g/mol. The third kappa shape index (κ3) is 3.12. The summed E-state index contributed by atoms with van der Waals surface area (Å²) < 4.78 is 17.5. The van der Waals surface area contributed by atoms with E-state index < -0.39 is 6.67 Å². The van der Waals surface area contributed by atoms with Crippen LogP contribution in [0.2, 0.25) is 0 Å². The van der Waals surface area contributed by atoms with Crippen LogP contribution in [-0.2, 0) is 6.54 Å². The molecular weight excluding hydrogens is 233 g/mol. The Labute approximate surface area is 106 Å². The maximum atomic E-state index is 12.2. The molecule has 0 unspecified atom stereocenters. The first-order valence-electron chi connectivity index (χ1n) is 6.13. The van der Waals surface area contributed by atoms with Crippen LogP contribution in [0.3, 0.4) is 0 Å². The lowest BCUT2D eigenvalue weighted by molar-refractivity contribution is 0.267. The van der Waals surface area contributed by atoms with Crippen LogP contribution >= 0.6 is 0 Å². The minimum atomic E-state index is -0.484. The Morgan fingerprint density at radius 3 is 3.00 bits per heavy atom. The predicted molar refractivity (Wildman–Crippen MR) is 69.4 cm³/mol. The van der Waals surface area contributed by atoms with E-state index in [0.717, 1.165) is 25.1 Å². The lowest BCUT2D eigenvalue weighted by Gasteiger charge is -2.27. The van der Waals surface area contributed by atoms with E-state index in [4.69, 9.17) is 10.5 Å². The summed E-state index contributed by atoms with van der Waals surface area (Å²) in [5.74, 6) is 1.29. The molecule has 1 aromatic rings. The lowest BCUT2D eigenvalue weighted by Crippen LogP contribution is -2.40. The van der Waals surface area contributed by atoms with Gasteiger partial charge >= 0.3 is 0 Å². The number of benzene rings is 1. The highest BCUT2D eigenvalue weighted by atomic mass is 19.1. The molecule has 0 spiro atoms. The van der Waals surface area contributed by atoms with Gasteiger partial charge in [-0.05, 0) is 12.5 Å². The van der Waals surface area contributed by atoms with Crippen molar-refractivity contribution >= 4 is 5.96 Å². The predicted octanol–water partition coefficient (Wildman–Crippen LogP) is 1.56. The number of rotatable bonds is 5. The van der Waals surface area contributed by atoms with Crippen LogP contribution in [0.4, 0.5) is 4.39 Å². The summed E-state index contributed by atoms with van der Waals surface area (Å²) >= 11 is 0. The van der Waals surface area contributed by atoms with Gasteiger partial charge in [-0.15, -0.1) is 0 Å². The number of para-hydroxylation sites is 1. The van der Waals surface area contributed by atoms with Crippen molar-refractivity contribution < 1.29 is 9.13 Å². The molecule has 98 valence electrons. The third-order valence-corrected chi connectivity index (χ3v) is 2.85. The molecule has 5 heteroatoms. The number of halogens is 1. The number of nitrogens with zero attached hydrogens (tertiary/aromatic N) is 2. The van der Waals surface area contributed by atoms with Gasteiger partial charge in [0.1, 0.15) is 19.0 Å². The molecule has 1 heterocycles. The van der Waals surface area contributed by atoms with E-state index in [1.165, 1.54) is 0 Å². The molecule has 1 aliphatic rings. The zero-order chi connectivity index (χ0) is 12.8. The molecule has 0 saturated carbocycles. The maximum Gasteiger partial charge on any atom is 0.191 e. The van der Waals surface area contributed by atoms with Crippen molar-refractivity contribution in [3.8, 4) is 5.75 Å². The Balaban J connectivity index is 2.08. The molecule has 0 bridgehead atoms. The first kappa shape index (κ1) is 12.7. The molecule has 4 nitrogen and oxygen atoms in total. The number of hydrogen-bond acceptors (Lipinski definition) is 4. The van der Waals surface area contributed by atoms with Gasteiger partial charge in [-0.2, -0.15) is 0 Å². The van der Waals surface area contributed by atoms with Crippen LogP contribution in [-0.4, -0.2) is 37.2 Å². The topological polar surface area (TPSA) is 50.8 Å². The first-order chi connectivity index (χ1) is 8.81. The van der Waals surface area contributed by atoms with Crippen LogP contribution in [0.25, 0.3) is 0 Å². The van der Waals surface area contributed by atoms with Crippen LogP contribution in [0, 0.1) is 0 Å². The van der Waals surface area contributed by atoms with Gasteiger partial charge in [0.25, 0.3) is 0 Å². The van der Waals surface area contributed by atoms with Crippen LogP contribution in [0.15, 0.2) is 29.3 Å². The maximum absolute atomic E-state index is 12.2. The van der Waals surface area contributed by atoms with Crippen LogP contribution < -0.4 is 10.5 Å². The fraction of sp³-hybridized carbons (Fsp3) is 0.462. The molecule has 2 N–H and O–H groups in total. The zero-order valence-electron chi connectivity index (χ0n) is 10.3. The second kappa shape index (κ2) is 6.23. The Kier molecular flexibility index (Phi) is 4.39. The van der Waals surface area contributed by atoms with E-state index in [9.17, 15) is 4.39 Å². The highest BCUT2D eigenvalue weighted by molar-refractivity contribution is 5.78. The van der Waals surface area contributed by atoms with Gasteiger partial charge in [0.15, 0.2) is 5.96 Å². The molecule has 0 amide bonds. The largest absolute Gasteiger partial charge is 0.491 e. The van der Waals surface area contributed by atoms with Crippen LogP contribution in [0.5, 0.6) is 5.75 Å². The Hall–Kier alpha value is -1.78. The molecule has 0 aliphatic carbocycles. The Morgan fingerprint density at radius 2 is 2.22 bits per heavy atom. The van der Waals surface area contributed by atoms with Crippen molar-refractivity contribution in [1.82, 2.24) is 4.90 Å². The molecule has 1 aliphatic heterocycles. The molecule has 18 heavy (non-hydrogen) atoms. The quantitative estimate of drug-likeness (QED) is 0.864. The SMILES string of the molecule is NC1=NCCCN1Cc1ccccc1OCCF. The number of aliphatic imine (C=N–C) groups is 1. The number of nitrogens with two attached hydrogens (primary N) is 1. The summed E-state index contributed by atoms with van der Waals surface area (Å²) in [5.41, 5.74) is 6.86. The third-order valence-electron chi connectivity index (χ3n) is 2.85. The number of hydrogen-bond donors (Lipinski definition) is 1. The van der Waals surface area contributed by atoms with Crippen molar-refractivity contribution in [2.75, 3.05) is 26.4 Å². The zero-order valence-corrected chi connectivity index (χ0v) is 10.3. The highest BCUT2D eigenvalue weighted by Gasteiger charge is 2.14. The Morgan fingerprint density at radius 1 is 1.39 bits per heavy atom. The summed E-state index contributed by atoms with van der Waals surface area (Å²) in [6.07, 6.45) is 1.01. The van der Waals surface area contributed by atoms with E-state index >= 15 is 0 Å². The molecular formula is C13H18FN3O. The van der Waals surface area contributed by atoms with Crippen molar-refractivity contribution in [1.29, 1.82) is 0 Å². The molecule has 0 atom stereocenters. The smallest absolute Gasteiger partial charge is 0.191 e. The van der Waals surface area contributed by atoms with Gasteiger partial charge in [0.05, 0.1) is 0 Å². The highest BCUT2D eigenvalue weighted by Crippen LogP contribution is 2.20. The summed E-state index contributed by atoms with van der Waals surface area (Å²) in [4.78, 5) is 6.23. The van der Waals surface area contributed by atoms with Gasteiger partial charge in [0.2, 0.25) is 0 Å². The van der Waals surface area contributed by atoms with Gasteiger partial charge in [0, 0.05) is 25.2 Å². The van der Waals surface area contributed by atoms with Crippen molar-refractivity contribution in [3.05, 3.63) is 29.8 Å². The monoisotopic (exact) mass is 251 g/mol. The molecule has 0 radical (unpaired) electrons. The summed E-state index contributed by atoms with van der Waals surface area (Å²) in [6, 6.07) is 7.64. The first-order valence-corrected chi connectivity index (χ1v) is 6.13. The number of alkyl halides is 1. The van der Waals surface area contributed by atoms with Gasteiger partial charge in [-0.25, -0.2) is 4.39 Å². The second-order valence-electron chi connectivity index (χ2n) is 4.16. The van der Waals surface area contributed by atoms with E-state index in [0.29, 0.717) is 18.3 Å². The summed E-state index contributed by atoms with van der Waals surface area (Å²) in [5, 5.41) is 0. The second-order valence-corrected chi connectivity index (χ2v) is 4.16. The van der Waals surface area contributed by atoms with E-state index in [-0.39, 0.29) is 6.61 Å².